The number of hydrogen-bond donors (Lipinski definition) is 0. The molecule has 2 aromatic carbocycles. The number of carbonyl (C=O) groups is 1. The first-order valence-corrected chi connectivity index (χ1v) is 5.55. The van der Waals surface area contributed by atoms with Crippen molar-refractivity contribution in [2.45, 2.75) is 6.17 Å². The Labute approximate surface area is 104 Å². The average molecular weight is 249 g/mol. The van der Waals surface area contributed by atoms with Gasteiger partial charge < -0.3 is 0 Å². The van der Waals surface area contributed by atoms with E-state index in [4.69, 9.17) is 11.6 Å². The molecule has 0 fully saturated rings. The molecular formula is C14H10ClFO. The summed E-state index contributed by atoms with van der Waals surface area (Å²) >= 11 is 5.71. The van der Waals surface area contributed by atoms with Gasteiger partial charge in [-0.1, -0.05) is 54.1 Å². The van der Waals surface area contributed by atoms with Crippen LogP contribution in [0.3, 0.4) is 0 Å². The van der Waals surface area contributed by atoms with Crippen LogP contribution in [0.2, 0.25) is 5.02 Å². The van der Waals surface area contributed by atoms with Crippen molar-refractivity contribution in [2.24, 2.45) is 0 Å². The van der Waals surface area contributed by atoms with Gasteiger partial charge in [0.2, 0.25) is 5.78 Å². The molecule has 0 amide bonds. The van der Waals surface area contributed by atoms with Crippen LogP contribution in [0.5, 0.6) is 0 Å². The van der Waals surface area contributed by atoms with Crippen LogP contribution in [-0.4, -0.2) is 5.78 Å². The fraction of sp³-hybridized carbons (Fsp3) is 0.0714. The Bertz CT molecular complexity index is 508. The fourth-order valence-electron chi connectivity index (χ4n) is 1.53. The number of Topliss-reactive ketones (excluding diaryl/α,β-unsaturated/α-hetero) is 1. The molecule has 1 atom stereocenters. The quantitative estimate of drug-likeness (QED) is 0.743. The minimum Gasteiger partial charge on any atom is -0.290 e. The maximum Gasteiger partial charge on any atom is 0.201 e. The van der Waals surface area contributed by atoms with Crippen LogP contribution >= 0.6 is 11.6 Å². The highest BCUT2D eigenvalue weighted by Crippen LogP contribution is 2.23. The highest BCUT2D eigenvalue weighted by molar-refractivity contribution is 6.30. The molecule has 0 heterocycles. The van der Waals surface area contributed by atoms with Crippen LogP contribution in [0.15, 0.2) is 54.6 Å². The van der Waals surface area contributed by atoms with Gasteiger partial charge in [-0.2, -0.15) is 0 Å². The highest BCUT2D eigenvalue weighted by atomic mass is 35.5. The minimum atomic E-state index is -1.64. The van der Waals surface area contributed by atoms with Gasteiger partial charge >= 0.3 is 0 Å². The molecule has 0 saturated carbocycles. The zero-order valence-electron chi connectivity index (χ0n) is 8.94. The summed E-state index contributed by atoms with van der Waals surface area (Å²) in [6.45, 7) is 0. The molecule has 3 heteroatoms. The van der Waals surface area contributed by atoms with Crippen molar-refractivity contribution in [3.8, 4) is 0 Å². The summed E-state index contributed by atoms with van der Waals surface area (Å²) in [5, 5.41) is 0.521. The summed E-state index contributed by atoms with van der Waals surface area (Å²) in [5.74, 6) is -0.534. The molecule has 0 aromatic heterocycles. The number of carbonyl (C=O) groups excluding carboxylic acids is 1. The molecular weight excluding hydrogens is 239 g/mol. The van der Waals surface area contributed by atoms with E-state index >= 15 is 0 Å². The number of ketones is 1. The van der Waals surface area contributed by atoms with Gasteiger partial charge in [0.05, 0.1) is 0 Å². The van der Waals surface area contributed by atoms with Gasteiger partial charge in [0.1, 0.15) is 0 Å². The average Bonchev–Trinajstić information content (AvgIpc) is 2.39. The fourth-order valence-corrected chi connectivity index (χ4v) is 1.66. The Morgan fingerprint density at radius 1 is 1.00 bits per heavy atom. The molecule has 0 saturated heterocycles. The molecule has 2 rings (SSSR count). The lowest BCUT2D eigenvalue weighted by Crippen LogP contribution is -2.08. The van der Waals surface area contributed by atoms with E-state index in [-0.39, 0.29) is 0 Å². The predicted molar refractivity (Wildman–Crippen MR) is 66.1 cm³/mol. The van der Waals surface area contributed by atoms with Gasteiger partial charge in [0.15, 0.2) is 6.17 Å². The molecule has 0 radical (unpaired) electrons. The Hall–Kier alpha value is -1.67. The monoisotopic (exact) mass is 248 g/mol. The summed E-state index contributed by atoms with van der Waals surface area (Å²) < 4.78 is 14.0. The van der Waals surface area contributed by atoms with Gasteiger partial charge in [0, 0.05) is 10.6 Å². The normalized spacial score (nSPS) is 12.1. The Morgan fingerprint density at radius 2 is 1.59 bits per heavy atom. The maximum absolute atomic E-state index is 14.0. The highest BCUT2D eigenvalue weighted by Gasteiger charge is 2.20. The van der Waals surface area contributed by atoms with E-state index < -0.39 is 12.0 Å². The van der Waals surface area contributed by atoms with Crippen molar-refractivity contribution in [2.75, 3.05) is 0 Å². The van der Waals surface area contributed by atoms with E-state index in [1.807, 2.05) is 0 Å². The van der Waals surface area contributed by atoms with Crippen molar-refractivity contribution < 1.29 is 9.18 Å². The number of alkyl halides is 1. The van der Waals surface area contributed by atoms with Crippen molar-refractivity contribution >= 4 is 17.4 Å². The second-order valence-corrected chi connectivity index (χ2v) is 4.08. The van der Waals surface area contributed by atoms with Crippen LogP contribution in [0.4, 0.5) is 4.39 Å². The summed E-state index contributed by atoms with van der Waals surface area (Å²) in [7, 11) is 0. The maximum atomic E-state index is 14.0. The van der Waals surface area contributed by atoms with Crippen LogP contribution in [0, 0.1) is 0 Å². The summed E-state index contributed by atoms with van der Waals surface area (Å²) in [5.41, 5.74) is 0.693. The molecule has 0 aliphatic heterocycles. The van der Waals surface area contributed by atoms with Crippen molar-refractivity contribution in [1.82, 2.24) is 0 Å². The van der Waals surface area contributed by atoms with Crippen molar-refractivity contribution in [3.63, 3.8) is 0 Å². The predicted octanol–water partition coefficient (Wildman–Crippen LogP) is 4.23. The molecule has 1 nitrogen and oxygen atoms in total. The van der Waals surface area contributed by atoms with Crippen LogP contribution in [0.1, 0.15) is 22.1 Å². The van der Waals surface area contributed by atoms with E-state index in [0.717, 1.165) is 0 Å². The first-order valence-electron chi connectivity index (χ1n) is 5.17. The lowest BCUT2D eigenvalue weighted by atomic mass is 10.0. The van der Waals surface area contributed by atoms with E-state index in [1.165, 1.54) is 12.1 Å². The minimum absolute atomic E-state index is 0.322. The first kappa shape index (κ1) is 11.8. The van der Waals surface area contributed by atoms with Crippen LogP contribution in [0.25, 0.3) is 0 Å². The first-order chi connectivity index (χ1) is 8.18. The zero-order valence-corrected chi connectivity index (χ0v) is 9.69. The standard InChI is InChI=1S/C14H10ClFO/c15-12-8-6-10(7-9-12)13(16)14(17)11-4-2-1-3-5-11/h1-9,13H. The molecule has 0 aliphatic carbocycles. The van der Waals surface area contributed by atoms with Crippen LogP contribution < -0.4 is 0 Å². The third-order valence-electron chi connectivity index (χ3n) is 2.45. The SMILES string of the molecule is O=C(c1ccccc1)C(F)c1ccc(Cl)cc1. The molecule has 0 bridgehead atoms. The third-order valence-corrected chi connectivity index (χ3v) is 2.70. The second kappa shape index (κ2) is 5.11. The Balaban J connectivity index is 2.23. The van der Waals surface area contributed by atoms with Crippen molar-refractivity contribution in [3.05, 3.63) is 70.7 Å². The third kappa shape index (κ3) is 2.71. The van der Waals surface area contributed by atoms with E-state index in [9.17, 15) is 9.18 Å². The molecule has 0 aliphatic rings. The summed E-state index contributed by atoms with van der Waals surface area (Å²) in [6, 6.07) is 14.6. The smallest absolute Gasteiger partial charge is 0.201 e. The summed E-state index contributed by atoms with van der Waals surface area (Å²) in [4.78, 5) is 11.8. The Morgan fingerprint density at radius 3 is 2.18 bits per heavy atom. The Kier molecular flexibility index (Phi) is 3.55. The van der Waals surface area contributed by atoms with Gasteiger partial charge in [-0.3, -0.25) is 4.79 Å². The van der Waals surface area contributed by atoms with Gasteiger partial charge in [-0.25, -0.2) is 4.39 Å². The van der Waals surface area contributed by atoms with Crippen LogP contribution in [-0.2, 0) is 0 Å². The van der Waals surface area contributed by atoms with E-state index in [2.05, 4.69) is 0 Å². The zero-order chi connectivity index (χ0) is 12.3. The second-order valence-electron chi connectivity index (χ2n) is 3.64. The van der Waals surface area contributed by atoms with Gasteiger partial charge in [-0.15, -0.1) is 0 Å². The lowest BCUT2D eigenvalue weighted by Gasteiger charge is -2.07. The number of hydrogen-bond acceptors (Lipinski definition) is 1. The van der Waals surface area contributed by atoms with E-state index in [0.29, 0.717) is 16.1 Å². The molecule has 0 spiro atoms. The number of benzene rings is 2. The van der Waals surface area contributed by atoms with Gasteiger partial charge in [0.25, 0.3) is 0 Å². The molecule has 2 aromatic rings. The molecule has 17 heavy (non-hydrogen) atoms. The largest absolute Gasteiger partial charge is 0.290 e. The number of rotatable bonds is 3. The number of halogens is 2. The lowest BCUT2D eigenvalue weighted by molar-refractivity contribution is 0.0878. The molecule has 86 valence electrons. The summed E-state index contributed by atoms with van der Waals surface area (Å²) in [6.07, 6.45) is -1.64. The van der Waals surface area contributed by atoms with E-state index in [1.54, 1.807) is 42.5 Å². The molecule has 0 N–H and O–H groups in total. The van der Waals surface area contributed by atoms with Gasteiger partial charge in [-0.05, 0) is 17.7 Å². The topological polar surface area (TPSA) is 17.1 Å². The molecule has 1 unspecified atom stereocenters. The van der Waals surface area contributed by atoms with Crippen molar-refractivity contribution in [1.29, 1.82) is 0 Å².